The van der Waals surface area contributed by atoms with Gasteiger partial charge in [0.25, 0.3) is 0 Å². The van der Waals surface area contributed by atoms with E-state index in [9.17, 15) is 39.6 Å². The fourth-order valence-electron chi connectivity index (χ4n) is 5.54. The molecule has 224 valence electrons. The number of ether oxygens (including phenoxy) is 1. The summed E-state index contributed by atoms with van der Waals surface area (Å²) in [5.74, 6) is -5.01. The van der Waals surface area contributed by atoms with Crippen molar-refractivity contribution in [3.05, 3.63) is 144 Å². The van der Waals surface area contributed by atoms with E-state index >= 15 is 0 Å². The highest BCUT2D eigenvalue weighted by Crippen LogP contribution is 2.48. The van der Waals surface area contributed by atoms with E-state index in [0.717, 1.165) is 0 Å². The summed E-state index contributed by atoms with van der Waals surface area (Å²) in [6.45, 7) is 0. The van der Waals surface area contributed by atoms with Gasteiger partial charge in [0.1, 0.15) is 12.2 Å². The quantitative estimate of drug-likeness (QED) is 0.141. The van der Waals surface area contributed by atoms with Gasteiger partial charge >= 0.3 is 0 Å². The van der Waals surface area contributed by atoms with Gasteiger partial charge in [-0.3, -0.25) is 24.9 Å². The Morgan fingerprint density at radius 1 is 0.614 bits per heavy atom. The number of aliphatic hydroxyl groups is 4. The molecule has 0 aliphatic carbocycles. The number of Topliss-reactive ketones (excluding diaryl/α,β-unsaturated/α-hetero) is 4. The van der Waals surface area contributed by atoms with Crippen molar-refractivity contribution in [1.82, 2.24) is 0 Å². The van der Waals surface area contributed by atoms with Crippen molar-refractivity contribution in [3.63, 3.8) is 0 Å². The van der Waals surface area contributed by atoms with E-state index in [-0.39, 0.29) is 22.3 Å². The molecule has 10 heteroatoms. The van der Waals surface area contributed by atoms with Crippen molar-refractivity contribution >= 4 is 23.1 Å². The van der Waals surface area contributed by atoms with Crippen LogP contribution in [0.5, 0.6) is 0 Å². The predicted molar refractivity (Wildman–Crippen MR) is 157 cm³/mol. The third-order valence-corrected chi connectivity index (χ3v) is 7.88. The van der Waals surface area contributed by atoms with Crippen LogP contribution in [0, 0.1) is 0 Å². The fourth-order valence-corrected chi connectivity index (χ4v) is 5.54. The van der Waals surface area contributed by atoms with Gasteiger partial charge in [-0.25, -0.2) is 0 Å². The number of carbonyl (C=O) groups is 4. The molecule has 1 aliphatic heterocycles. The molecule has 0 bridgehead atoms. The van der Waals surface area contributed by atoms with Crippen molar-refractivity contribution in [2.24, 2.45) is 5.73 Å². The minimum atomic E-state index is -3.77. The molecule has 6 N–H and O–H groups in total. The molecule has 0 amide bonds. The van der Waals surface area contributed by atoms with E-state index in [1.807, 2.05) is 0 Å². The summed E-state index contributed by atoms with van der Waals surface area (Å²) in [5.41, 5.74) is -5.39. The van der Waals surface area contributed by atoms with Gasteiger partial charge in [-0.15, -0.1) is 0 Å². The molecule has 1 aliphatic rings. The molecule has 44 heavy (non-hydrogen) atoms. The number of hydrogen-bond acceptors (Lipinski definition) is 10. The minimum absolute atomic E-state index is 0.0736. The molecule has 2 unspecified atom stereocenters. The average molecular weight is 596 g/mol. The van der Waals surface area contributed by atoms with Crippen LogP contribution in [0.3, 0.4) is 0 Å². The molecule has 0 radical (unpaired) electrons. The van der Waals surface area contributed by atoms with Crippen LogP contribution in [0.1, 0.15) is 41.4 Å². The molecule has 1 fully saturated rings. The summed E-state index contributed by atoms with van der Waals surface area (Å²) in [6, 6.07) is 28.3. The van der Waals surface area contributed by atoms with Crippen LogP contribution in [0.2, 0.25) is 0 Å². The van der Waals surface area contributed by atoms with Crippen LogP contribution in [-0.4, -0.2) is 78.8 Å². The van der Waals surface area contributed by atoms with Gasteiger partial charge in [-0.05, 0) is 0 Å². The van der Waals surface area contributed by atoms with Crippen LogP contribution < -0.4 is 5.73 Å². The van der Waals surface area contributed by atoms with Crippen LogP contribution in [-0.2, 0) is 4.74 Å². The summed E-state index contributed by atoms with van der Waals surface area (Å²) < 4.78 is 5.78. The highest BCUT2D eigenvalue weighted by atomic mass is 16.6. The second-order valence-corrected chi connectivity index (χ2v) is 10.5. The Hall–Kier alpha value is -4.68. The lowest BCUT2D eigenvalue weighted by Crippen LogP contribution is -2.89. The van der Waals surface area contributed by atoms with Gasteiger partial charge in [0.2, 0.25) is 17.2 Å². The van der Waals surface area contributed by atoms with Gasteiger partial charge in [0, 0.05) is 22.3 Å². The molecule has 1 heterocycles. The maximum atomic E-state index is 14.3. The molecular weight excluding hydrogens is 566 g/mol. The van der Waals surface area contributed by atoms with E-state index in [1.54, 1.807) is 24.3 Å². The largest absolute Gasteiger partial charge is 0.382 e. The molecule has 5 rings (SSSR count). The van der Waals surface area contributed by atoms with Crippen LogP contribution >= 0.6 is 0 Å². The van der Waals surface area contributed by atoms with Crippen molar-refractivity contribution in [2.45, 2.75) is 35.2 Å². The Morgan fingerprint density at radius 3 is 1.45 bits per heavy atom. The normalized spacial score (nSPS) is 27.2. The van der Waals surface area contributed by atoms with Gasteiger partial charge in [0.15, 0.2) is 29.0 Å². The van der Waals surface area contributed by atoms with Gasteiger partial charge in [-0.2, -0.15) is 0 Å². The first-order chi connectivity index (χ1) is 21.0. The first kappa shape index (κ1) is 30.8. The Bertz CT molecular complexity index is 1680. The van der Waals surface area contributed by atoms with Crippen LogP contribution in [0.15, 0.2) is 121 Å². The Balaban J connectivity index is 1.79. The van der Waals surface area contributed by atoms with Gasteiger partial charge in [0.05, 0.1) is 0 Å². The first-order valence-electron chi connectivity index (χ1n) is 13.6. The zero-order valence-electron chi connectivity index (χ0n) is 23.2. The highest BCUT2D eigenvalue weighted by Gasteiger charge is 2.79. The van der Waals surface area contributed by atoms with Gasteiger partial charge < -0.3 is 25.2 Å². The van der Waals surface area contributed by atoms with Crippen molar-refractivity contribution < 1.29 is 44.3 Å². The molecule has 4 aromatic rings. The molecule has 6 atom stereocenters. The molecule has 10 nitrogen and oxygen atoms in total. The predicted octanol–water partition coefficient (Wildman–Crippen LogP) is 1.76. The third-order valence-electron chi connectivity index (χ3n) is 7.88. The lowest BCUT2D eigenvalue weighted by atomic mass is 9.60. The van der Waals surface area contributed by atoms with E-state index in [0.29, 0.717) is 0 Å². The van der Waals surface area contributed by atoms with Crippen LogP contribution in [0.4, 0.5) is 0 Å². The number of carbonyl (C=O) groups excluding carboxylic acids is 4. The molecule has 0 spiro atoms. The van der Waals surface area contributed by atoms with E-state index < -0.39 is 58.4 Å². The maximum Gasteiger partial charge on any atom is 0.212 e. The monoisotopic (exact) mass is 595 g/mol. The minimum Gasteiger partial charge on any atom is -0.382 e. The Kier molecular flexibility index (Phi) is 8.23. The first-order valence-corrected chi connectivity index (χ1v) is 13.6. The lowest BCUT2D eigenvalue weighted by Gasteiger charge is -2.58. The van der Waals surface area contributed by atoms with E-state index in [2.05, 4.69) is 0 Å². The lowest BCUT2D eigenvalue weighted by molar-refractivity contribution is -0.314. The number of ketones is 4. The second kappa shape index (κ2) is 11.8. The average Bonchev–Trinajstić information content (AvgIpc) is 3.07. The zero-order valence-corrected chi connectivity index (χ0v) is 23.2. The molecule has 4 aromatic carbocycles. The Morgan fingerprint density at radius 2 is 1.00 bits per heavy atom. The number of hydrogen-bond donors (Lipinski definition) is 5. The Labute approximate surface area is 252 Å². The smallest absolute Gasteiger partial charge is 0.212 e. The molecule has 1 saturated heterocycles. The SMILES string of the molecule is N[C@]1(O)C(C(=O)c2ccccc2)O[C@H](C(O)C(=O)c2ccccc2)[C@@](O)(C(=O)c2ccccc2)[C@@]1(O)C(=O)c1ccccc1. The molecule has 0 aromatic heterocycles. The fraction of sp³-hybridized carbons (Fsp3) is 0.176. The maximum absolute atomic E-state index is 14.3. The van der Waals surface area contributed by atoms with Crippen molar-refractivity contribution in [1.29, 1.82) is 0 Å². The summed E-state index contributed by atoms with van der Waals surface area (Å²) in [6.07, 6.45) is -7.32. The summed E-state index contributed by atoms with van der Waals surface area (Å²) >= 11 is 0. The molecular formula is C34H29NO9. The highest BCUT2D eigenvalue weighted by molar-refractivity contribution is 6.15. The third kappa shape index (κ3) is 4.80. The number of rotatable bonds is 9. The van der Waals surface area contributed by atoms with E-state index in [1.165, 1.54) is 97.1 Å². The number of benzene rings is 4. The van der Waals surface area contributed by atoms with Crippen LogP contribution in [0.25, 0.3) is 0 Å². The summed E-state index contributed by atoms with van der Waals surface area (Å²) in [4.78, 5) is 55.9. The van der Waals surface area contributed by atoms with Gasteiger partial charge in [-0.1, -0.05) is 121 Å². The number of nitrogens with two attached hydrogens (primary N) is 1. The topological polar surface area (TPSA) is 184 Å². The second-order valence-electron chi connectivity index (χ2n) is 10.5. The van der Waals surface area contributed by atoms with Crippen molar-refractivity contribution in [2.75, 3.05) is 0 Å². The van der Waals surface area contributed by atoms with Crippen molar-refractivity contribution in [3.8, 4) is 0 Å². The standard InChI is InChI=1S/C34H29NO9/c35-34(43)31(26(37)22-15-7-2-8-16-22)44-30(27(38)25(36)21-13-5-1-6-14-21)32(41,28(39)23-17-9-3-10-18-23)33(34,42)29(40)24-19-11-4-12-20-24/h1-20,27,30-31,38,41-43H,35H2/t27?,30-,31?,32+,33+,34+/m1/s1. The molecule has 0 saturated carbocycles. The number of aliphatic hydroxyl groups excluding tert-OH is 1. The summed E-state index contributed by atoms with van der Waals surface area (Å²) in [7, 11) is 0. The van der Waals surface area contributed by atoms with E-state index in [4.69, 9.17) is 10.5 Å². The summed E-state index contributed by atoms with van der Waals surface area (Å²) in [5, 5.41) is 48.3. The zero-order chi connectivity index (χ0) is 31.7.